The first-order valence-electron chi connectivity index (χ1n) is 8.64. The molecule has 27 heavy (non-hydrogen) atoms. The van der Waals surface area contributed by atoms with Gasteiger partial charge in [0.05, 0.1) is 7.11 Å². The molecule has 0 aromatic heterocycles. The Kier molecular flexibility index (Phi) is 6.69. The van der Waals surface area contributed by atoms with Crippen LogP contribution in [-0.2, 0) is 19.7 Å². The van der Waals surface area contributed by atoms with E-state index in [1.54, 1.807) is 25.3 Å². The van der Waals surface area contributed by atoms with Crippen molar-refractivity contribution in [1.29, 1.82) is 0 Å². The molecule has 0 fully saturated rings. The van der Waals surface area contributed by atoms with Gasteiger partial charge in [-0.3, -0.25) is 0 Å². The Bertz CT molecular complexity index is 869. The SMILES string of the molecule is COc1cc(Cl)cc(CNCc2ccc(F)cc2)c1OCc1ccccc1. The van der Waals surface area contributed by atoms with Crippen LogP contribution in [0.2, 0.25) is 5.02 Å². The maximum absolute atomic E-state index is 13.0. The largest absolute Gasteiger partial charge is 0.493 e. The van der Waals surface area contributed by atoms with Crippen molar-refractivity contribution in [3.63, 3.8) is 0 Å². The van der Waals surface area contributed by atoms with Gasteiger partial charge in [0, 0.05) is 29.7 Å². The van der Waals surface area contributed by atoms with Crippen LogP contribution in [0, 0.1) is 5.82 Å². The van der Waals surface area contributed by atoms with Gasteiger partial charge < -0.3 is 14.8 Å². The molecule has 0 atom stereocenters. The number of hydrogen-bond donors (Lipinski definition) is 1. The minimum Gasteiger partial charge on any atom is -0.493 e. The van der Waals surface area contributed by atoms with Gasteiger partial charge in [-0.25, -0.2) is 4.39 Å². The minimum absolute atomic E-state index is 0.241. The standard InChI is InChI=1S/C22H21ClFNO2/c1-26-21-12-19(23)11-18(14-25-13-16-7-9-20(24)10-8-16)22(21)27-15-17-5-3-2-4-6-17/h2-12,25H,13-15H2,1H3. The third-order valence-corrected chi connectivity index (χ3v) is 4.32. The van der Waals surface area contributed by atoms with Crippen molar-refractivity contribution in [3.8, 4) is 11.5 Å². The molecule has 0 saturated heterocycles. The summed E-state index contributed by atoms with van der Waals surface area (Å²) in [6, 6.07) is 20.0. The van der Waals surface area contributed by atoms with Crippen LogP contribution in [0.25, 0.3) is 0 Å². The molecule has 0 amide bonds. The van der Waals surface area contributed by atoms with Gasteiger partial charge in [0.15, 0.2) is 11.5 Å². The summed E-state index contributed by atoms with van der Waals surface area (Å²) in [6.45, 7) is 1.58. The summed E-state index contributed by atoms with van der Waals surface area (Å²) in [4.78, 5) is 0. The smallest absolute Gasteiger partial charge is 0.166 e. The predicted molar refractivity (Wildman–Crippen MR) is 106 cm³/mol. The summed E-state index contributed by atoms with van der Waals surface area (Å²) in [5, 5.41) is 3.92. The van der Waals surface area contributed by atoms with Gasteiger partial charge >= 0.3 is 0 Å². The molecule has 0 bridgehead atoms. The number of ether oxygens (including phenoxy) is 2. The maximum Gasteiger partial charge on any atom is 0.166 e. The summed E-state index contributed by atoms with van der Waals surface area (Å²) in [7, 11) is 1.59. The van der Waals surface area contributed by atoms with Crippen molar-refractivity contribution in [2.75, 3.05) is 7.11 Å². The highest BCUT2D eigenvalue weighted by Crippen LogP contribution is 2.35. The van der Waals surface area contributed by atoms with Gasteiger partial charge in [0.2, 0.25) is 0 Å². The van der Waals surface area contributed by atoms with Crippen molar-refractivity contribution >= 4 is 11.6 Å². The van der Waals surface area contributed by atoms with E-state index >= 15 is 0 Å². The number of rotatable bonds is 8. The fourth-order valence-electron chi connectivity index (χ4n) is 2.74. The van der Waals surface area contributed by atoms with E-state index in [0.29, 0.717) is 36.2 Å². The quantitative estimate of drug-likeness (QED) is 0.566. The Morgan fingerprint density at radius 3 is 2.37 bits per heavy atom. The maximum atomic E-state index is 13.0. The first-order chi connectivity index (χ1) is 13.2. The number of hydrogen-bond acceptors (Lipinski definition) is 3. The molecular weight excluding hydrogens is 365 g/mol. The van der Waals surface area contributed by atoms with E-state index in [0.717, 1.165) is 16.7 Å². The Morgan fingerprint density at radius 2 is 1.67 bits per heavy atom. The van der Waals surface area contributed by atoms with Crippen LogP contribution < -0.4 is 14.8 Å². The number of benzene rings is 3. The minimum atomic E-state index is -0.241. The Morgan fingerprint density at radius 1 is 0.926 bits per heavy atom. The van der Waals surface area contributed by atoms with Crippen LogP contribution in [0.1, 0.15) is 16.7 Å². The molecule has 3 aromatic rings. The molecule has 0 heterocycles. The van der Waals surface area contributed by atoms with Gasteiger partial charge in [-0.05, 0) is 29.3 Å². The molecule has 0 radical (unpaired) electrons. The summed E-state index contributed by atoms with van der Waals surface area (Å²) in [5.41, 5.74) is 2.97. The van der Waals surface area contributed by atoms with Crippen molar-refractivity contribution in [3.05, 3.63) is 94.3 Å². The first kappa shape index (κ1) is 19.2. The molecule has 3 nitrogen and oxygen atoms in total. The summed E-state index contributed by atoms with van der Waals surface area (Å²) < 4.78 is 24.5. The van der Waals surface area contributed by atoms with Crippen LogP contribution in [0.4, 0.5) is 4.39 Å². The Labute approximate surface area is 163 Å². The molecule has 0 aliphatic carbocycles. The normalized spacial score (nSPS) is 10.6. The number of halogens is 2. The highest BCUT2D eigenvalue weighted by Gasteiger charge is 2.13. The van der Waals surface area contributed by atoms with Gasteiger partial charge in [0.25, 0.3) is 0 Å². The fraction of sp³-hybridized carbons (Fsp3) is 0.182. The van der Waals surface area contributed by atoms with Gasteiger partial charge in [-0.15, -0.1) is 0 Å². The summed E-state index contributed by atoms with van der Waals surface area (Å²) in [5.74, 6) is 1.02. The average Bonchev–Trinajstić information content (AvgIpc) is 2.69. The van der Waals surface area contributed by atoms with E-state index in [-0.39, 0.29) is 5.82 Å². The summed E-state index contributed by atoms with van der Waals surface area (Å²) >= 11 is 6.23. The van der Waals surface area contributed by atoms with E-state index in [1.165, 1.54) is 12.1 Å². The second-order valence-corrected chi connectivity index (χ2v) is 6.54. The lowest BCUT2D eigenvalue weighted by Crippen LogP contribution is -2.14. The van der Waals surface area contributed by atoms with Crippen LogP contribution in [0.5, 0.6) is 11.5 Å². The Hall–Kier alpha value is -2.56. The zero-order valence-corrected chi connectivity index (χ0v) is 15.8. The second kappa shape index (κ2) is 9.40. The van der Waals surface area contributed by atoms with Gasteiger partial charge in [-0.2, -0.15) is 0 Å². The number of nitrogens with one attached hydrogen (secondary N) is 1. The fourth-order valence-corrected chi connectivity index (χ4v) is 2.97. The van der Waals surface area contributed by atoms with E-state index in [2.05, 4.69) is 5.32 Å². The molecule has 0 unspecified atom stereocenters. The topological polar surface area (TPSA) is 30.5 Å². The van der Waals surface area contributed by atoms with Gasteiger partial charge in [0.1, 0.15) is 12.4 Å². The monoisotopic (exact) mass is 385 g/mol. The Balaban J connectivity index is 1.72. The molecule has 1 N–H and O–H groups in total. The van der Waals surface area contributed by atoms with Crippen LogP contribution in [-0.4, -0.2) is 7.11 Å². The molecule has 3 aromatic carbocycles. The molecule has 0 saturated carbocycles. The molecule has 140 valence electrons. The van der Waals surface area contributed by atoms with E-state index in [1.807, 2.05) is 36.4 Å². The summed E-state index contributed by atoms with van der Waals surface area (Å²) in [6.07, 6.45) is 0. The average molecular weight is 386 g/mol. The van der Waals surface area contributed by atoms with E-state index < -0.39 is 0 Å². The number of methoxy groups -OCH3 is 1. The highest BCUT2D eigenvalue weighted by atomic mass is 35.5. The lowest BCUT2D eigenvalue weighted by molar-refractivity contribution is 0.280. The van der Waals surface area contributed by atoms with E-state index in [9.17, 15) is 4.39 Å². The zero-order chi connectivity index (χ0) is 19.1. The predicted octanol–water partition coefficient (Wildman–Crippen LogP) is 5.36. The molecule has 5 heteroatoms. The van der Waals surface area contributed by atoms with Crippen molar-refractivity contribution in [2.45, 2.75) is 19.7 Å². The van der Waals surface area contributed by atoms with Crippen molar-refractivity contribution in [2.24, 2.45) is 0 Å². The lowest BCUT2D eigenvalue weighted by atomic mass is 10.1. The van der Waals surface area contributed by atoms with Gasteiger partial charge in [-0.1, -0.05) is 54.1 Å². The van der Waals surface area contributed by atoms with Crippen molar-refractivity contribution in [1.82, 2.24) is 5.32 Å². The molecular formula is C22H21ClFNO2. The first-order valence-corrected chi connectivity index (χ1v) is 9.02. The van der Waals surface area contributed by atoms with Crippen molar-refractivity contribution < 1.29 is 13.9 Å². The van der Waals surface area contributed by atoms with Crippen LogP contribution >= 0.6 is 11.6 Å². The third kappa shape index (κ3) is 5.46. The molecule has 0 aliphatic heterocycles. The highest BCUT2D eigenvalue weighted by molar-refractivity contribution is 6.30. The second-order valence-electron chi connectivity index (χ2n) is 6.10. The lowest BCUT2D eigenvalue weighted by Gasteiger charge is -2.16. The molecule has 3 rings (SSSR count). The molecule has 0 aliphatic rings. The van der Waals surface area contributed by atoms with Crippen LogP contribution in [0.3, 0.4) is 0 Å². The van der Waals surface area contributed by atoms with Crippen LogP contribution in [0.15, 0.2) is 66.7 Å². The zero-order valence-electron chi connectivity index (χ0n) is 15.0. The third-order valence-electron chi connectivity index (χ3n) is 4.10. The van der Waals surface area contributed by atoms with E-state index in [4.69, 9.17) is 21.1 Å². The molecule has 0 spiro atoms.